The Bertz CT molecular complexity index is 840. The van der Waals surface area contributed by atoms with E-state index in [-0.39, 0.29) is 34.9 Å². The third kappa shape index (κ3) is 5.77. The molecule has 0 radical (unpaired) electrons. The van der Waals surface area contributed by atoms with Gasteiger partial charge >= 0.3 is 5.91 Å². The number of nitrogens with zero attached hydrogens (tertiary/aromatic N) is 3. The van der Waals surface area contributed by atoms with Crippen molar-refractivity contribution in [1.82, 2.24) is 9.97 Å². The smallest absolute Gasteiger partial charge is 0.302 e. The number of aromatic nitrogens is 2. The zero-order valence-corrected chi connectivity index (χ0v) is 16.3. The summed E-state index contributed by atoms with van der Waals surface area (Å²) in [5.74, 6) is -1.14. The fourth-order valence-electron chi connectivity index (χ4n) is 1.89. The third-order valence-corrected chi connectivity index (χ3v) is 4.01. The molecule has 8 nitrogen and oxygen atoms in total. The second kappa shape index (κ2) is 9.63. The molecule has 1 heterocycles. The van der Waals surface area contributed by atoms with Gasteiger partial charge in [0.25, 0.3) is 0 Å². The number of carbonyl (C=O) groups excluding carboxylic acids is 1. The Kier molecular flexibility index (Phi) is 8.16. The summed E-state index contributed by atoms with van der Waals surface area (Å²) >= 11 is 17.9. The van der Waals surface area contributed by atoms with Gasteiger partial charge in [-0.3, -0.25) is 4.79 Å². The molecule has 1 amide bonds. The van der Waals surface area contributed by atoms with Crippen LogP contribution in [0.25, 0.3) is 0 Å². The summed E-state index contributed by atoms with van der Waals surface area (Å²) in [6.45, 7) is 0.479. The summed E-state index contributed by atoms with van der Waals surface area (Å²) in [6, 6.07) is 5.34. The molecule has 0 bridgehead atoms. The van der Waals surface area contributed by atoms with E-state index in [1.165, 1.54) is 0 Å². The van der Waals surface area contributed by atoms with Gasteiger partial charge in [0, 0.05) is 6.54 Å². The van der Waals surface area contributed by atoms with Crippen molar-refractivity contribution in [1.29, 1.82) is 0 Å². The summed E-state index contributed by atoms with van der Waals surface area (Å²) in [4.78, 5) is 23.0. The molecule has 0 aliphatic rings. The molecule has 12 heteroatoms. The molecule has 0 saturated carbocycles. The topological polar surface area (TPSA) is 145 Å². The van der Waals surface area contributed by atoms with Crippen LogP contribution in [0.1, 0.15) is 16.1 Å². The Hall–Kier alpha value is -2.00. The number of benzene rings is 1. The number of rotatable bonds is 5. The van der Waals surface area contributed by atoms with Crippen molar-refractivity contribution in [2.24, 2.45) is 16.5 Å². The van der Waals surface area contributed by atoms with E-state index in [2.05, 4.69) is 20.3 Å². The molecule has 0 aliphatic heterocycles. The minimum atomic E-state index is -0.825. The predicted molar refractivity (Wildman–Crippen MR) is 107 cm³/mol. The highest BCUT2D eigenvalue weighted by Crippen LogP contribution is 2.24. The molecule has 0 unspecified atom stereocenters. The summed E-state index contributed by atoms with van der Waals surface area (Å²) in [7, 11) is 0. The molecule has 1 aromatic carbocycles. The Balaban J connectivity index is 0.00000338. The summed E-state index contributed by atoms with van der Waals surface area (Å²) in [5.41, 5.74) is 16.7. The van der Waals surface area contributed by atoms with Crippen LogP contribution < -0.4 is 22.5 Å². The van der Waals surface area contributed by atoms with Gasteiger partial charge in [0.2, 0.25) is 0 Å². The Morgan fingerprint density at radius 1 is 1.15 bits per heavy atom. The van der Waals surface area contributed by atoms with Crippen molar-refractivity contribution in [3.05, 3.63) is 44.7 Å². The van der Waals surface area contributed by atoms with Crippen LogP contribution in [-0.4, -0.2) is 28.4 Å². The number of hydrogen-bond donors (Lipinski definition) is 4. The lowest BCUT2D eigenvalue weighted by molar-refractivity contribution is 0.0998. The van der Waals surface area contributed by atoms with Gasteiger partial charge in [-0.15, -0.1) is 12.4 Å². The number of aliphatic imine (C=N–C) groups is 1. The molecule has 0 saturated heterocycles. The highest BCUT2D eigenvalue weighted by atomic mass is 35.5. The van der Waals surface area contributed by atoms with Gasteiger partial charge in [-0.25, -0.2) is 9.97 Å². The van der Waals surface area contributed by atoms with E-state index in [0.717, 1.165) is 5.56 Å². The van der Waals surface area contributed by atoms with Crippen LogP contribution in [0.15, 0.2) is 23.2 Å². The first kappa shape index (κ1) is 22.0. The fraction of sp³-hybridized carbons (Fsp3) is 0.143. The maximum atomic E-state index is 11.8. The molecule has 140 valence electrons. The van der Waals surface area contributed by atoms with Crippen molar-refractivity contribution in [2.75, 3.05) is 17.6 Å². The average molecular weight is 439 g/mol. The van der Waals surface area contributed by atoms with Crippen LogP contribution in [0.4, 0.5) is 11.6 Å². The van der Waals surface area contributed by atoms with Crippen LogP contribution in [0, 0.1) is 0 Å². The summed E-state index contributed by atoms with van der Waals surface area (Å²) in [6.07, 6.45) is 0.628. The van der Waals surface area contributed by atoms with E-state index in [1.807, 2.05) is 6.07 Å². The molecule has 0 aliphatic carbocycles. The lowest BCUT2D eigenvalue weighted by atomic mass is 10.1. The zero-order valence-electron chi connectivity index (χ0n) is 13.2. The number of nitrogens with two attached hydrogens (primary N) is 3. The number of guanidine groups is 1. The SMILES string of the molecule is Cl.NC(N)=NC(=O)c1nc(Cl)c(NCCc2ccc(Cl)c(Cl)c2)nc1N. The van der Waals surface area contributed by atoms with Gasteiger partial charge in [0.15, 0.2) is 28.4 Å². The molecule has 0 fully saturated rings. The number of nitrogens with one attached hydrogen (secondary N) is 1. The van der Waals surface area contributed by atoms with Crippen molar-refractivity contribution in [3.63, 3.8) is 0 Å². The quantitative estimate of drug-likeness (QED) is 0.414. The molecular weight excluding hydrogens is 424 g/mol. The third-order valence-electron chi connectivity index (χ3n) is 3.00. The number of halogens is 4. The molecule has 0 spiro atoms. The maximum absolute atomic E-state index is 11.8. The van der Waals surface area contributed by atoms with Crippen LogP contribution in [0.5, 0.6) is 0 Å². The number of anilines is 2. The summed E-state index contributed by atoms with van der Waals surface area (Å²) < 4.78 is 0. The van der Waals surface area contributed by atoms with Crippen molar-refractivity contribution in [3.8, 4) is 0 Å². The van der Waals surface area contributed by atoms with Crippen LogP contribution in [0.3, 0.4) is 0 Å². The van der Waals surface area contributed by atoms with Gasteiger partial charge < -0.3 is 22.5 Å². The van der Waals surface area contributed by atoms with Gasteiger partial charge in [-0.2, -0.15) is 4.99 Å². The Morgan fingerprint density at radius 3 is 2.46 bits per heavy atom. The molecule has 7 N–H and O–H groups in total. The van der Waals surface area contributed by atoms with Gasteiger partial charge in [-0.05, 0) is 24.1 Å². The van der Waals surface area contributed by atoms with E-state index < -0.39 is 11.9 Å². The standard InChI is InChI=1S/C14H14Cl3N7O.ClH/c15-7-2-1-6(5-8(7)16)3-4-21-12-10(17)22-9(11(18)23-12)13(25)24-14(19)20;/h1-2,5H,3-4H2,(H3,18,21,23)(H4,19,20,24,25);1H. The lowest BCUT2D eigenvalue weighted by Crippen LogP contribution is -2.25. The van der Waals surface area contributed by atoms with Crippen molar-refractivity contribution in [2.45, 2.75) is 6.42 Å². The first-order valence-corrected chi connectivity index (χ1v) is 8.06. The first-order chi connectivity index (χ1) is 11.8. The number of carbonyl (C=O) groups is 1. The minimum Gasteiger partial charge on any atom is -0.382 e. The highest BCUT2D eigenvalue weighted by Gasteiger charge is 2.16. The molecular formula is C14H15Cl4N7O. The maximum Gasteiger partial charge on any atom is 0.302 e. The number of hydrogen-bond acceptors (Lipinski definition) is 5. The fourth-order valence-corrected chi connectivity index (χ4v) is 2.40. The Morgan fingerprint density at radius 2 is 1.85 bits per heavy atom. The molecule has 2 aromatic rings. The molecule has 2 rings (SSSR count). The highest BCUT2D eigenvalue weighted by molar-refractivity contribution is 6.42. The van der Waals surface area contributed by atoms with Crippen molar-refractivity contribution >= 4 is 70.7 Å². The van der Waals surface area contributed by atoms with Crippen LogP contribution in [-0.2, 0) is 6.42 Å². The largest absolute Gasteiger partial charge is 0.382 e. The van der Waals surface area contributed by atoms with Gasteiger partial charge in [-0.1, -0.05) is 40.9 Å². The van der Waals surface area contributed by atoms with Gasteiger partial charge in [0.05, 0.1) is 10.0 Å². The molecule has 0 atom stereocenters. The van der Waals surface area contributed by atoms with Crippen LogP contribution >= 0.6 is 47.2 Å². The zero-order chi connectivity index (χ0) is 18.6. The molecule has 1 aromatic heterocycles. The lowest BCUT2D eigenvalue weighted by Gasteiger charge is -2.10. The summed E-state index contributed by atoms with van der Waals surface area (Å²) in [5, 5.41) is 3.92. The van der Waals surface area contributed by atoms with Crippen molar-refractivity contribution < 1.29 is 4.79 Å². The Labute approximate surface area is 170 Å². The number of amides is 1. The second-order valence-corrected chi connectivity index (χ2v) is 6.04. The van der Waals surface area contributed by atoms with Crippen LogP contribution in [0.2, 0.25) is 15.2 Å². The minimum absolute atomic E-state index is 0. The monoisotopic (exact) mass is 437 g/mol. The van der Waals surface area contributed by atoms with E-state index in [1.54, 1.807) is 12.1 Å². The first-order valence-electron chi connectivity index (χ1n) is 6.92. The van der Waals surface area contributed by atoms with Gasteiger partial charge in [0.1, 0.15) is 0 Å². The average Bonchev–Trinajstić information content (AvgIpc) is 2.53. The normalized spacial score (nSPS) is 9.96. The van der Waals surface area contributed by atoms with E-state index in [0.29, 0.717) is 23.0 Å². The van der Waals surface area contributed by atoms with E-state index >= 15 is 0 Å². The predicted octanol–water partition coefficient (Wildman–Crippen LogP) is 2.51. The van der Waals surface area contributed by atoms with E-state index in [9.17, 15) is 4.79 Å². The van der Waals surface area contributed by atoms with E-state index in [4.69, 9.17) is 52.0 Å². The number of nitrogen functional groups attached to an aromatic ring is 1. The second-order valence-electron chi connectivity index (χ2n) is 4.86. The molecule has 26 heavy (non-hydrogen) atoms.